The van der Waals surface area contributed by atoms with Crippen LogP contribution in [-0.4, -0.2) is 26.7 Å². The quantitative estimate of drug-likeness (QED) is 0.575. The molecule has 1 amide bonds. The van der Waals surface area contributed by atoms with Gasteiger partial charge in [-0.1, -0.05) is 34.1 Å². The Balaban J connectivity index is 1.79. The fourth-order valence-corrected chi connectivity index (χ4v) is 3.68. The van der Waals surface area contributed by atoms with Gasteiger partial charge in [0, 0.05) is 23.4 Å². The molecule has 0 bridgehead atoms. The molecule has 1 N–H and O–H groups in total. The topological polar surface area (TPSA) is 83.6 Å². The van der Waals surface area contributed by atoms with Gasteiger partial charge in [-0.25, -0.2) is 0 Å². The van der Waals surface area contributed by atoms with Gasteiger partial charge in [0.2, 0.25) is 5.78 Å². The van der Waals surface area contributed by atoms with E-state index in [0.717, 1.165) is 10.0 Å². The summed E-state index contributed by atoms with van der Waals surface area (Å²) in [6.07, 6.45) is 3.30. The Labute approximate surface area is 175 Å². The van der Waals surface area contributed by atoms with E-state index >= 15 is 0 Å². The lowest BCUT2D eigenvalue weighted by molar-refractivity contribution is -0.130. The molecule has 0 fully saturated rings. The van der Waals surface area contributed by atoms with Gasteiger partial charge >= 0.3 is 0 Å². The van der Waals surface area contributed by atoms with E-state index in [4.69, 9.17) is 4.42 Å². The third-order valence-corrected chi connectivity index (χ3v) is 5.30. The molecule has 3 heterocycles. The van der Waals surface area contributed by atoms with Crippen molar-refractivity contribution in [3.63, 3.8) is 0 Å². The lowest BCUT2D eigenvalue weighted by atomic mass is 9.95. The van der Waals surface area contributed by atoms with Gasteiger partial charge in [0.25, 0.3) is 5.91 Å². The molecule has 0 radical (unpaired) electrons. The highest BCUT2D eigenvalue weighted by molar-refractivity contribution is 9.10. The maximum atomic E-state index is 13.2. The number of aliphatic hydroxyl groups is 1. The van der Waals surface area contributed by atoms with Crippen LogP contribution in [0, 0.1) is 6.92 Å². The van der Waals surface area contributed by atoms with Crippen LogP contribution in [0.1, 0.15) is 33.5 Å². The molecule has 1 aliphatic heterocycles. The third kappa shape index (κ3) is 3.61. The van der Waals surface area contributed by atoms with Crippen molar-refractivity contribution in [2.75, 3.05) is 0 Å². The first kappa shape index (κ1) is 19.1. The Bertz CT molecular complexity index is 1100. The van der Waals surface area contributed by atoms with Gasteiger partial charge in [-0.05, 0) is 48.4 Å². The summed E-state index contributed by atoms with van der Waals surface area (Å²) in [5.74, 6) is -1.01. The van der Waals surface area contributed by atoms with Crippen molar-refractivity contribution in [1.82, 2.24) is 9.88 Å². The number of pyridine rings is 1. The van der Waals surface area contributed by atoms with Crippen molar-refractivity contribution in [3.05, 3.63) is 99.4 Å². The average molecular weight is 453 g/mol. The molecule has 7 heteroatoms. The second-order valence-corrected chi connectivity index (χ2v) is 7.67. The average Bonchev–Trinajstić information content (AvgIpc) is 3.26. The number of hydrogen-bond donors (Lipinski definition) is 1. The Kier molecular flexibility index (Phi) is 5.07. The molecule has 1 aromatic carbocycles. The van der Waals surface area contributed by atoms with Crippen molar-refractivity contribution in [3.8, 4) is 0 Å². The Morgan fingerprint density at radius 3 is 2.59 bits per heavy atom. The number of aryl methyl sites for hydroxylation is 1. The highest BCUT2D eigenvalue weighted by atomic mass is 79.9. The molecule has 0 unspecified atom stereocenters. The van der Waals surface area contributed by atoms with E-state index in [0.29, 0.717) is 11.3 Å². The molecule has 2 aromatic heterocycles. The summed E-state index contributed by atoms with van der Waals surface area (Å²) in [5, 5.41) is 10.6. The molecule has 0 aliphatic carbocycles. The van der Waals surface area contributed by atoms with Crippen molar-refractivity contribution in [2.24, 2.45) is 0 Å². The summed E-state index contributed by atoms with van der Waals surface area (Å²) in [7, 11) is 0. The van der Waals surface area contributed by atoms with Gasteiger partial charge in [0.1, 0.15) is 5.76 Å². The normalized spacial score (nSPS) is 16.6. The highest BCUT2D eigenvalue weighted by Gasteiger charge is 2.44. The number of ketones is 1. The standard InChI is InChI=1S/C22H17BrN2O4/c1-13-4-9-17(29-13)20(26)18-19(15-5-7-16(23)8-6-15)25(22(28)21(18)27)12-14-3-2-10-24-11-14/h2-11,19,27H,12H2,1H3/t19-/m0/s1. The fourth-order valence-electron chi connectivity index (χ4n) is 3.42. The Morgan fingerprint density at radius 1 is 1.21 bits per heavy atom. The summed E-state index contributed by atoms with van der Waals surface area (Å²) in [4.78, 5) is 31.6. The first-order chi connectivity index (χ1) is 14.0. The second-order valence-electron chi connectivity index (χ2n) is 6.75. The largest absolute Gasteiger partial charge is 0.503 e. The summed E-state index contributed by atoms with van der Waals surface area (Å²) in [6.45, 7) is 1.93. The zero-order chi connectivity index (χ0) is 20.5. The molecule has 146 valence electrons. The van der Waals surface area contributed by atoms with Gasteiger partial charge < -0.3 is 14.4 Å². The zero-order valence-corrected chi connectivity index (χ0v) is 17.1. The van der Waals surface area contributed by atoms with Gasteiger partial charge in [-0.2, -0.15) is 0 Å². The minimum atomic E-state index is -0.742. The first-order valence-corrected chi connectivity index (χ1v) is 9.74. The van der Waals surface area contributed by atoms with Crippen LogP contribution in [0.15, 0.2) is 81.1 Å². The number of aliphatic hydroxyl groups excluding tert-OH is 1. The number of carbonyl (C=O) groups excluding carboxylic acids is 2. The molecular formula is C22H17BrN2O4. The number of furan rings is 1. The van der Waals surface area contributed by atoms with Crippen LogP contribution < -0.4 is 0 Å². The predicted molar refractivity (Wildman–Crippen MR) is 109 cm³/mol. The Hall–Kier alpha value is -3.19. The SMILES string of the molecule is Cc1ccc(C(=O)C2=C(O)C(=O)N(Cc3cccnc3)[C@H]2c2ccc(Br)cc2)o1. The molecule has 29 heavy (non-hydrogen) atoms. The van der Waals surface area contributed by atoms with Crippen LogP contribution in [0.25, 0.3) is 0 Å². The molecule has 1 atom stereocenters. The highest BCUT2D eigenvalue weighted by Crippen LogP contribution is 2.40. The van der Waals surface area contributed by atoms with Crippen LogP contribution in [0.2, 0.25) is 0 Å². The van der Waals surface area contributed by atoms with Crippen LogP contribution in [0.4, 0.5) is 0 Å². The van der Waals surface area contributed by atoms with Crippen molar-refractivity contribution >= 4 is 27.6 Å². The van der Waals surface area contributed by atoms with Gasteiger partial charge in [-0.3, -0.25) is 14.6 Å². The summed E-state index contributed by atoms with van der Waals surface area (Å²) >= 11 is 3.40. The number of benzene rings is 1. The van der Waals surface area contributed by atoms with Crippen LogP contribution in [0.5, 0.6) is 0 Å². The molecule has 6 nitrogen and oxygen atoms in total. The van der Waals surface area contributed by atoms with E-state index in [1.165, 1.54) is 4.90 Å². The van der Waals surface area contributed by atoms with Crippen molar-refractivity contribution in [1.29, 1.82) is 0 Å². The van der Waals surface area contributed by atoms with Gasteiger partial charge in [-0.15, -0.1) is 0 Å². The van der Waals surface area contributed by atoms with E-state index < -0.39 is 23.5 Å². The number of rotatable bonds is 5. The molecule has 0 saturated carbocycles. The van der Waals surface area contributed by atoms with E-state index in [1.54, 1.807) is 37.5 Å². The lowest BCUT2D eigenvalue weighted by Gasteiger charge is -2.26. The van der Waals surface area contributed by atoms with E-state index in [9.17, 15) is 14.7 Å². The monoisotopic (exact) mass is 452 g/mol. The maximum Gasteiger partial charge on any atom is 0.290 e. The maximum absolute atomic E-state index is 13.2. The summed E-state index contributed by atoms with van der Waals surface area (Å²) in [5.41, 5.74) is 1.51. The zero-order valence-electron chi connectivity index (χ0n) is 15.5. The van der Waals surface area contributed by atoms with Crippen molar-refractivity contribution < 1.29 is 19.1 Å². The molecule has 4 rings (SSSR count). The van der Waals surface area contributed by atoms with E-state index in [1.807, 2.05) is 30.3 Å². The Morgan fingerprint density at radius 2 is 1.97 bits per heavy atom. The van der Waals surface area contributed by atoms with E-state index in [2.05, 4.69) is 20.9 Å². The molecule has 1 aliphatic rings. The van der Waals surface area contributed by atoms with Gasteiger partial charge in [0.05, 0.1) is 11.6 Å². The van der Waals surface area contributed by atoms with Gasteiger partial charge in [0.15, 0.2) is 11.5 Å². The van der Waals surface area contributed by atoms with E-state index in [-0.39, 0.29) is 17.9 Å². The molecule has 3 aromatic rings. The smallest absolute Gasteiger partial charge is 0.290 e. The molecule has 0 spiro atoms. The minimum absolute atomic E-state index is 0.00978. The number of Topliss-reactive ketones (excluding diaryl/α,β-unsaturated/α-hetero) is 1. The van der Waals surface area contributed by atoms with Crippen LogP contribution >= 0.6 is 15.9 Å². The van der Waals surface area contributed by atoms with Crippen molar-refractivity contribution in [2.45, 2.75) is 19.5 Å². The number of amides is 1. The number of carbonyl (C=O) groups is 2. The first-order valence-electron chi connectivity index (χ1n) is 8.95. The number of hydrogen-bond acceptors (Lipinski definition) is 5. The number of halogens is 1. The molecule has 0 saturated heterocycles. The van der Waals surface area contributed by atoms with Crippen LogP contribution in [0.3, 0.4) is 0 Å². The minimum Gasteiger partial charge on any atom is -0.503 e. The summed E-state index contributed by atoms with van der Waals surface area (Å²) < 4.78 is 6.32. The fraction of sp³-hybridized carbons (Fsp3) is 0.136. The third-order valence-electron chi connectivity index (χ3n) is 4.77. The molecular weight excluding hydrogens is 436 g/mol. The lowest BCUT2D eigenvalue weighted by Crippen LogP contribution is -2.30. The second kappa shape index (κ2) is 7.67. The van der Waals surface area contributed by atoms with Crippen LogP contribution in [-0.2, 0) is 11.3 Å². The predicted octanol–water partition coefficient (Wildman–Crippen LogP) is 4.52. The number of aromatic nitrogens is 1. The number of nitrogens with zero attached hydrogens (tertiary/aromatic N) is 2. The summed E-state index contributed by atoms with van der Waals surface area (Å²) in [6, 6.07) is 13.4.